The number of benzene rings is 2. The zero-order valence-corrected chi connectivity index (χ0v) is 18.3. The van der Waals surface area contributed by atoms with Crippen LogP contribution in [-0.2, 0) is 14.8 Å². The minimum Gasteiger partial charge on any atom is -0.494 e. The van der Waals surface area contributed by atoms with Gasteiger partial charge in [0, 0.05) is 31.5 Å². The van der Waals surface area contributed by atoms with Crippen molar-refractivity contribution >= 4 is 21.7 Å². The Bertz CT molecular complexity index is 985. The van der Waals surface area contributed by atoms with Crippen LogP contribution in [0.2, 0.25) is 0 Å². The van der Waals surface area contributed by atoms with Crippen molar-refractivity contribution in [3.05, 3.63) is 59.2 Å². The van der Waals surface area contributed by atoms with Crippen LogP contribution in [0, 0.1) is 13.8 Å². The number of aryl methyl sites for hydroxylation is 2. The van der Waals surface area contributed by atoms with Crippen molar-refractivity contribution in [1.82, 2.24) is 10.0 Å². The number of hydrogen-bond acceptors (Lipinski definition) is 5. The Morgan fingerprint density at radius 2 is 1.67 bits per heavy atom. The van der Waals surface area contributed by atoms with E-state index in [-0.39, 0.29) is 42.5 Å². The molecule has 0 fully saturated rings. The number of nitrogens with one attached hydrogen (secondary N) is 2. The highest BCUT2D eigenvalue weighted by Crippen LogP contribution is 2.16. The Hall–Kier alpha value is -2.71. The third-order valence-electron chi connectivity index (χ3n) is 4.44. The Labute approximate surface area is 177 Å². The highest BCUT2D eigenvalue weighted by Gasteiger charge is 2.16. The molecule has 2 rings (SSSR count). The van der Waals surface area contributed by atoms with Crippen molar-refractivity contribution in [1.29, 1.82) is 0 Å². The molecule has 162 valence electrons. The van der Waals surface area contributed by atoms with Gasteiger partial charge in [0.2, 0.25) is 15.9 Å². The summed E-state index contributed by atoms with van der Waals surface area (Å²) in [6.45, 7) is 6.19. The molecule has 1 amide bonds. The lowest BCUT2D eigenvalue weighted by Crippen LogP contribution is -2.35. The van der Waals surface area contributed by atoms with E-state index in [4.69, 9.17) is 4.74 Å². The van der Waals surface area contributed by atoms with E-state index in [2.05, 4.69) is 10.0 Å². The van der Waals surface area contributed by atoms with Crippen molar-refractivity contribution in [3.63, 3.8) is 0 Å². The Morgan fingerprint density at radius 1 is 0.967 bits per heavy atom. The van der Waals surface area contributed by atoms with Crippen LogP contribution in [0.3, 0.4) is 0 Å². The van der Waals surface area contributed by atoms with E-state index < -0.39 is 10.0 Å². The van der Waals surface area contributed by atoms with E-state index in [0.29, 0.717) is 23.5 Å². The zero-order valence-electron chi connectivity index (χ0n) is 17.5. The topological polar surface area (TPSA) is 102 Å². The van der Waals surface area contributed by atoms with Crippen molar-refractivity contribution in [3.8, 4) is 5.75 Å². The average Bonchev–Trinajstić information content (AvgIpc) is 2.72. The minimum atomic E-state index is -3.65. The first-order valence-electron chi connectivity index (χ1n) is 9.82. The van der Waals surface area contributed by atoms with Crippen molar-refractivity contribution in [2.45, 2.75) is 38.5 Å². The van der Waals surface area contributed by atoms with Crippen molar-refractivity contribution in [2.24, 2.45) is 0 Å². The SMILES string of the molecule is CCOc1ccc(C(=O)CCC(=O)NCCNS(=O)(=O)c2cc(C)ccc2C)cc1. The number of Topliss-reactive ketones (excluding diaryl/α,β-unsaturated/α-hetero) is 1. The number of rotatable bonds is 11. The lowest BCUT2D eigenvalue weighted by Gasteiger charge is -2.11. The normalized spacial score (nSPS) is 11.2. The molecule has 0 heterocycles. The van der Waals surface area contributed by atoms with Gasteiger partial charge in [0.1, 0.15) is 5.75 Å². The van der Waals surface area contributed by atoms with E-state index >= 15 is 0 Å². The largest absolute Gasteiger partial charge is 0.494 e. The first kappa shape index (κ1) is 23.6. The second-order valence-electron chi connectivity index (χ2n) is 6.90. The predicted molar refractivity (Wildman–Crippen MR) is 115 cm³/mol. The molecule has 0 atom stereocenters. The van der Waals surface area contributed by atoms with Gasteiger partial charge in [0.05, 0.1) is 11.5 Å². The maximum absolute atomic E-state index is 12.4. The third-order valence-corrected chi connectivity index (χ3v) is 6.04. The number of carbonyl (C=O) groups excluding carboxylic acids is 2. The fraction of sp³-hybridized carbons (Fsp3) is 0.364. The van der Waals surface area contributed by atoms with Gasteiger partial charge >= 0.3 is 0 Å². The van der Waals surface area contributed by atoms with E-state index in [1.165, 1.54) is 0 Å². The lowest BCUT2D eigenvalue weighted by atomic mass is 10.1. The lowest BCUT2D eigenvalue weighted by molar-refractivity contribution is -0.121. The van der Waals surface area contributed by atoms with Gasteiger partial charge in [-0.05, 0) is 62.2 Å². The molecule has 0 spiro atoms. The summed E-state index contributed by atoms with van der Waals surface area (Å²) in [4.78, 5) is 24.4. The minimum absolute atomic E-state index is 0.0375. The molecule has 7 nitrogen and oxygen atoms in total. The molecule has 0 bridgehead atoms. The predicted octanol–water partition coefficient (Wildman–Crippen LogP) is 2.76. The van der Waals surface area contributed by atoms with Gasteiger partial charge in [-0.15, -0.1) is 0 Å². The van der Waals surface area contributed by atoms with Gasteiger partial charge in [0.25, 0.3) is 0 Å². The maximum atomic E-state index is 12.4. The van der Waals surface area contributed by atoms with Gasteiger partial charge in [-0.3, -0.25) is 9.59 Å². The number of ether oxygens (including phenoxy) is 1. The summed E-state index contributed by atoms with van der Waals surface area (Å²) in [6.07, 6.45) is 0.115. The van der Waals surface area contributed by atoms with Gasteiger partial charge in [-0.1, -0.05) is 12.1 Å². The number of sulfonamides is 1. The van der Waals surface area contributed by atoms with Gasteiger partial charge in [-0.2, -0.15) is 0 Å². The van der Waals surface area contributed by atoms with Crippen LogP contribution in [0.5, 0.6) is 5.75 Å². The van der Waals surface area contributed by atoms with Crippen LogP contribution in [-0.4, -0.2) is 39.8 Å². The summed E-state index contributed by atoms with van der Waals surface area (Å²) in [5.41, 5.74) is 2.03. The molecule has 0 aliphatic rings. The van der Waals surface area contributed by atoms with E-state index in [9.17, 15) is 18.0 Å². The van der Waals surface area contributed by atoms with Crippen LogP contribution in [0.15, 0.2) is 47.4 Å². The molecule has 0 aromatic heterocycles. The first-order chi connectivity index (χ1) is 14.2. The highest BCUT2D eigenvalue weighted by molar-refractivity contribution is 7.89. The zero-order chi connectivity index (χ0) is 22.1. The van der Waals surface area contributed by atoms with Crippen molar-refractivity contribution < 1.29 is 22.7 Å². The smallest absolute Gasteiger partial charge is 0.240 e. The second-order valence-corrected chi connectivity index (χ2v) is 8.63. The molecule has 2 aromatic rings. The Morgan fingerprint density at radius 3 is 2.33 bits per heavy atom. The monoisotopic (exact) mass is 432 g/mol. The third kappa shape index (κ3) is 6.96. The Balaban J connectivity index is 1.74. The summed E-state index contributed by atoms with van der Waals surface area (Å²) in [7, 11) is -3.65. The summed E-state index contributed by atoms with van der Waals surface area (Å²) in [5.74, 6) is 0.249. The number of amides is 1. The molecule has 8 heteroatoms. The average molecular weight is 433 g/mol. The summed E-state index contributed by atoms with van der Waals surface area (Å²) in [5, 5.41) is 2.63. The number of carbonyl (C=O) groups is 2. The van der Waals surface area contributed by atoms with Crippen LogP contribution >= 0.6 is 0 Å². The van der Waals surface area contributed by atoms with Crippen LogP contribution in [0.1, 0.15) is 41.3 Å². The molecular formula is C22H28N2O5S. The fourth-order valence-electron chi connectivity index (χ4n) is 2.83. The molecule has 0 saturated carbocycles. The molecule has 0 aliphatic carbocycles. The van der Waals surface area contributed by atoms with Crippen LogP contribution in [0.25, 0.3) is 0 Å². The molecular weight excluding hydrogens is 404 g/mol. The number of hydrogen-bond donors (Lipinski definition) is 2. The molecule has 30 heavy (non-hydrogen) atoms. The van der Waals surface area contributed by atoms with E-state index in [1.54, 1.807) is 43.3 Å². The van der Waals surface area contributed by atoms with Gasteiger partial charge in [-0.25, -0.2) is 13.1 Å². The standard InChI is InChI=1S/C22H28N2O5S/c1-4-29-19-9-7-18(8-10-19)20(25)11-12-22(26)23-13-14-24-30(27,28)21-15-16(2)5-6-17(21)3/h5-10,15,24H,4,11-14H2,1-3H3,(H,23,26). The van der Waals surface area contributed by atoms with Crippen molar-refractivity contribution in [2.75, 3.05) is 19.7 Å². The summed E-state index contributed by atoms with van der Waals surface area (Å²) >= 11 is 0. The molecule has 0 radical (unpaired) electrons. The molecule has 2 aromatic carbocycles. The van der Waals surface area contributed by atoms with E-state index in [1.807, 2.05) is 19.9 Å². The molecule has 0 aliphatic heterocycles. The van der Waals surface area contributed by atoms with Crippen LogP contribution in [0.4, 0.5) is 0 Å². The molecule has 0 unspecified atom stereocenters. The van der Waals surface area contributed by atoms with E-state index in [0.717, 1.165) is 5.56 Å². The fourth-order valence-corrected chi connectivity index (χ4v) is 4.18. The number of ketones is 1. The summed E-state index contributed by atoms with van der Waals surface area (Å²) < 4.78 is 32.6. The Kier molecular flexibility index (Phi) is 8.56. The second kappa shape index (κ2) is 10.9. The van der Waals surface area contributed by atoms with Crippen LogP contribution < -0.4 is 14.8 Å². The van der Waals surface area contributed by atoms with Gasteiger partial charge < -0.3 is 10.1 Å². The van der Waals surface area contributed by atoms with Gasteiger partial charge in [0.15, 0.2) is 5.78 Å². The quantitative estimate of drug-likeness (QED) is 0.420. The highest BCUT2D eigenvalue weighted by atomic mass is 32.2. The molecule has 2 N–H and O–H groups in total. The molecule has 0 saturated heterocycles. The summed E-state index contributed by atoms with van der Waals surface area (Å²) in [6, 6.07) is 12.0. The first-order valence-corrected chi connectivity index (χ1v) is 11.3. The maximum Gasteiger partial charge on any atom is 0.240 e.